The standard InChI is InChI=1S/C13H18N6O3/c1-6-5-19-11(13(21)15-6)10(16-18-19)12(20)14-4-9-7(2)17-22-8(9)3/h5,10-11,16,18H,4H2,1-3H3,(H,14,20)(H,15,21). The van der Waals surface area contributed by atoms with Crippen molar-refractivity contribution in [1.29, 1.82) is 0 Å². The van der Waals surface area contributed by atoms with Gasteiger partial charge in [-0.1, -0.05) is 5.16 Å². The summed E-state index contributed by atoms with van der Waals surface area (Å²) in [6, 6.07) is -1.32. The first kappa shape index (κ1) is 14.5. The molecule has 1 fully saturated rings. The minimum absolute atomic E-state index is 0.227. The van der Waals surface area contributed by atoms with Gasteiger partial charge in [0.1, 0.15) is 11.8 Å². The number of amides is 2. The largest absolute Gasteiger partial charge is 0.361 e. The molecule has 3 heterocycles. The Morgan fingerprint density at radius 3 is 2.91 bits per heavy atom. The number of hydrazine groups is 2. The van der Waals surface area contributed by atoms with Crippen LogP contribution >= 0.6 is 0 Å². The predicted octanol–water partition coefficient (Wildman–Crippen LogP) is -1.04. The summed E-state index contributed by atoms with van der Waals surface area (Å²) in [5, 5.41) is 11.0. The smallest absolute Gasteiger partial charge is 0.250 e. The first-order valence-corrected chi connectivity index (χ1v) is 6.95. The van der Waals surface area contributed by atoms with E-state index in [2.05, 4.69) is 26.8 Å². The SMILES string of the molecule is CC1=CN2NNC(C(=O)NCc3c(C)noc3C)C2C(=O)N1. The molecule has 0 aromatic carbocycles. The van der Waals surface area contributed by atoms with E-state index in [0.29, 0.717) is 18.0 Å². The first-order valence-electron chi connectivity index (χ1n) is 6.95. The van der Waals surface area contributed by atoms with Crippen molar-refractivity contribution in [3.63, 3.8) is 0 Å². The van der Waals surface area contributed by atoms with Gasteiger partial charge in [0.25, 0.3) is 5.91 Å². The Bertz CT molecular complexity index is 633. The number of hydrogen-bond donors (Lipinski definition) is 4. The highest BCUT2D eigenvalue weighted by Gasteiger charge is 2.44. The predicted molar refractivity (Wildman–Crippen MR) is 75.4 cm³/mol. The Kier molecular flexibility index (Phi) is 3.59. The molecule has 9 nitrogen and oxygen atoms in total. The number of carbonyl (C=O) groups is 2. The van der Waals surface area contributed by atoms with E-state index in [-0.39, 0.29) is 11.8 Å². The molecular weight excluding hydrogens is 288 g/mol. The molecule has 1 aromatic heterocycles. The average molecular weight is 306 g/mol. The highest BCUT2D eigenvalue weighted by molar-refractivity contribution is 5.94. The summed E-state index contributed by atoms with van der Waals surface area (Å²) in [4.78, 5) is 24.4. The maximum Gasteiger partial charge on any atom is 0.250 e. The van der Waals surface area contributed by atoms with Gasteiger partial charge in [-0.25, -0.2) is 5.43 Å². The minimum atomic E-state index is -0.690. The molecule has 4 N–H and O–H groups in total. The molecular formula is C13H18N6O3. The van der Waals surface area contributed by atoms with Gasteiger partial charge in [0.15, 0.2) is 6.04 Å². The third-order valence-corrected chi connectivity index (χ3v) is 3.79. The van der Waals surface area contributed by atoms with Gasteiger partial charge in [0, 0.05) is 24.0 Å². The molecule has 0 spiro atoms. The van der Waals surface area contributed by atoms with Gasteiger partial charge in [-0.15, -0.1) is 0 Å². The maximum absolute atomic E-state index is 12.4. The number of aromatic nitrogens is 1. The number of hydrogen-bond acceptors (Lipinski definition) is 7. The molecule has 2 atom stereocenters. The third kappa shape index (κ3) is 2.44. The number of aryl methyl sites for hydroxylation is 2. The molecule has 2 unspecified atom stereocenters. The van der Waals surface area contributed by atoms with Crippen LogP contribution in [0.5, 0.6) is 0 Å². The van der Waals surface area contributed by atoms with Crippen LogP contribution in [-0.4, -0.2) is 34.1 Å². The summed E-state index contributed by atoms with van der Waals surface area (Å²) in [7, 11) is 0. The fraction of sp³-hybridized carbons (Fsp3) is 0.462. The van der Waals surface area contributed by atoms with Crippen molar-refractivity contribution in [2.24, 2.45) is 0 Å². The number of nitrogens with zero attached hydrogens (tertiary/aromatic N) is 2. The lowest BCUT2D eigenvalue weighted by Gasteiger charge is -2.28. The Balaban J connectivity index is 1.67. The summed E-state index contributed by atoms with van der Waals surface area (Å²) in [6.07, 6.45) is 1.74. The van der Waals surface area contributed by atoms with Crippen LogP contribution in [0.15, 0.2) is 16.4 Å². The van der Waals surface area contributed by atoms with Crippen molar-refractivity contribution in [3.05, 3.63) is 28.9 Å². The van der Waals surface area contributed by atoms with Gasteiger partial charge in [0.05, 0.1) is 5.69 Å². The summed E-state index contributed by atoms with van der Waals surface area (Å²) in [5.74, 6) is 0.170. The van der Waals surface area contributed by atoms with E-state index < -0.39 is 12.1 Å². The molecule has 1 saturated heterocycles. The van der Waals surface area contributed by atoms with Crippen molar-refractivity contribution in [1.82, 2.24) is 31.8 Å². The third-order valence-electron chi connectivity index (χ3n) is 3.79. The molecule has 0 radical (unpaired) electrons. The van der Waals surface area contributed by atoms with E-state index in [1.165, 1.54) is 0 Å². The molecule has 2 aliphatic heterocycles. The molecule has 118 valence electrons. The van der Waals surface area contributed by atoms with Gasteiger partial charge in [-0.2, -0.15) is 5.53 Å². The lowest BCUT2D eigenvalue weighted by molar-refractivity contribution is -0.131. The molecule has 22 heavy (non-hydrogen) atoms. The Morgan fingerprint density at radius 2 is 2.23 bits per heavy atom. The van der Waals surface area contributed by atoms with Gasteiger partial charge in [-0.3, -0.25) is 14.6 Å². The number of carbonyl (C=O) groups excluding carboxylic acids is 2. The van der Waals surface area contributed by atoms with E-state index in [0.717, 1.165) is 11.3 Å². The number of fused-ring (bicyclic) bond motifs is 1. The fourth-order valence-electron chi connectivity index (χ4n) is 2.60. The summed E-state index contributed by atoms with van der Waals surface area (Å²) in [6.45, 7) is 5.69. The zero-order chi connectivity index (χ0) is 15.9. The Morgan fingerprint density at radius 1 is 1.45 bits per heavy atom. The van der Waals surface area contributed by atoms with Gasteiger partial charge >= 0.3 is 0 Å². The second kappa shape index (κ2) is 5.43. The van der Waals surface area contributed by atoms with Crippen LogP contribution in [0.25, 0.3) is 0 Å². The molecule has 2 aliphatic rings. The van der Waals surface area contributed by atoms with E-state index in [1.54, 1.807) is 25.1 Å². The van der Waals surface area contributed by atoms with Gasteiger partial charge < -0.3 is 15.2 Å². The molecule has 0 bridgehead atoms. The molecule has 0 aliphatic carbocycles. The summed E-state index contributed by atoms with van der Waals surface area (Å²) < 4.78 is 5.06. The zero-order valence-electron chi connectivity index (χ0n) is 12.6. The second-order valence-corrected chi connectivity index (χ2v) is 5.41. The second-order valence-electron chi connectivity index (χ2n) is 5.41. The van der Waals surface area contributed by atoms with Gasteiger partial charge in [-0.05, 0) is 20.8 Å². The van der Waals surface area contributed by atoms with Crippen LogP contribution < -0.4 is 21.6 Å². The number of rotatable bonds is 3. The highest BCUT2D eigenvalue weighted by atomic mass is 16.5. The fourth-order valence-corrected chi connectivity index (χ4v) is 2.60. The van der Waals surface area contributed by atoms with Crippen LogP contribution in [0.1, 0.15) is 23.9 Å². The number of nitrogens with one attached hydrogen (secondary N) is 4. The highest BCUT2D eigenvalue weighted by Crippen LogP contribution is 2.16. The van der Waals surface area contributed by atoms with Crippen molar-refractivity contribution in [2.75, 3.05) is 0 Å². The lowest BCUT2D eigenvalue weighted by atomic mass is 10.1. The van der Waals surface area contributed by atoms with Crippen molar-refractivity contribution >= 4 is 11.8 Å². The Hall–Kier alpha value is -2.39. The molecule has 1 aromatic rings. The quantitative estimate of drug-likeness (QED) is 0.564. The van der Waals surface area contributed by atoms with E-state index >= 15 is 0 Å². The average Bonchev–Trinajstić information content (AvgIpc) is 3.01. The normalized spacial score (nSPS) is 23.9. The van der Waals surface area contributed by atoms with Crippen molar-refractivity contribution in [3.8, 4) is 0 Å². The monoisotopic (exact) mass is 306 g/mol. The molecule has 0 saturated carbocycles. The van der Waals surface area contributed by atoms with Crippen LogP contribution in [0.3, 0.4) is 0 Å². The van der Waals surface area contributed by atoms with E-state index in [9.17, 15) is 9.59 Å². The Labute approximate surface area is 127 Å². The lowest BCUT2D eigenvalue weighted by Crippen LogP contribution is -2.55. The minimum Gasteiger partial charge on any atom is -0.361 e. The molecule has 9 heteroatoms. The van der Waals surface area contributed by atoms with Gasteiger partial charge in [0.2, 0.25) is 5.91 Å². The van der Waals surface area contributed by atoms with E-state index in [1.807, 2.05) is 6.92 Å². The van der Waals surface area contributed by atoms with Crippen LogP contribution in [0.2, 0.25) is 0 Å². The summed E-state index contributed by atoms with van der Waals surface area (Å²) >= 11 is 0. The molecule has 2 amide bonds. The van der Waals surface area contributed by atoms with Crippen molar-refractivity contribution < 1.29 is 14.1 Å². The zero-order valence-corrected chi connectivity index (χ0v) is 12.6. The topological polar surface area (TPSA) is 112 Å². The van der Waals surface area contributed by atoms with Crippen LogP contribution in [-0.2, 0) is 16.1 Å². The maximum atomic E-state index is 12.4. The summed E-state index contributed by atoms with van der Waals surface area (Å²) in [5.41, 5.74) is 7.95. The number of allylic oxidation sites excluding steroid dienone is 1. The van der Waals surface area contributed by atoms with Crippen molar-refractivity contribution in [2.45, 2.75) is 39.4 Å². The van der Waals surface area contributed by atoms with E-state index in [4.69, 9.17) is 4.52 Å². The first-order chi connectivity index (χ1) is 10.5. The van der Waals surface area contributed by atoms with Crippen LogP contribution in [0, 0.1) is 13.8 Å². The van der Waals surface area contributed by atoms with Crippen LogP contribution in [0.4, 0.5) is 0 Å². The molecule has 3 rings (SSSR count).